The van der Waals surface area contributed by atoms with Gasteiger partial charge in [-0.2, -0.15) is 11.8 Å². The van der Waals surface area contributed by atoms with Gasteiger partial charge in [-0.25, -0.2) is 0 Å². The van der Waals surface area contributed by atoms with Gasteiger partial charge in [0.2, 0.25) is 0 Å². The third-order valence-corrected chi connectivity index (χ3v) is 4.41. The van der Waals surface area contributed by atoms with Gasteiger partial charge in [0.25, 0.3) is 0 Å². The second kappa shape index (κ2) is 5.32. The highest BCUT2D eigenvalue weighted by molar-refractivity contribution is 8.00. The van der Waals surface area contributed by atoms with Crippen LogP contribution in [-0.4, -0.2) is 23.6 Å². The zero-order valence-electron chi connectivity index (χ0n) is 10.9. The summed E-state index contributed by atoms with van der Waals surface area (Å²) in [5, 5.41) is 1.39. The van der Waals surface area contributed by atoms with Crippen LogP contribution < -0.4 is 10.6 Å². The lowest BCUT2D eigenvalue weighted by Crippen LogP contribution is -2.41. The van der Waals surface area contributed by atoms with Gasteiger partial charge < -0.3 is 10.6 Å². The lowest BCUT2D eigenvalue weighted by molar-refractivity contribution is 0.714. The smallest absolute Gasteiger partial charge is 0.0415 e. The second-order valence-corrected chi connectivity index (χ2v) is 6.89. The van der Waals surface area contributed by atoms with Gasteiger partial charge >= 0.3 is 0 Å². The Bertz CT molecular complexity index is 368. The van der Waals surface area contributed by atoms with Crippen LogP contribution in [0.2, 0.25) is 0 Å². The average molecular weight is 250 g/mol. The molecule has 0 bridgehead atoms. The first-order valence-electron chi connectivity index (χ1n) is 6.33. The maximum absolute atomic E-state index is 6.06. The Labute approximate surface area is 109 Å². The standard InChI is InChI=1S/C14H22N2S/c1-10-8-16(9-11(2)17-10)14-7-5-4-6-13(14)12(3)15/h4-7,10-12H,8-9,15H2,1-3H3/t10?,11?,12-/m0/s1. The van der Waals surface area contributed by atoms with E-state index in [9.17, 15) is 0 Å². The number of nitrogens with two attached hydrogens (primary N) is 1. The number of para-hydroxylation sites is 1. The van der Waals surface area contributed by atoms with E-state index in [1.165, 1.54) is 11.3 Å². The molecule has 1 aromatic rings. The highest BCUT2D eigenvalue weighted by atomic mass is 32.2. The third kappa shape index (κ3) is 2.96. The Morgan fingerprint density at radius 3 is 2.41 bits per heavy atom. The van der Waals surface area contributed by atoms with E-state index in [1.807, 2.05) is 0 Å². The molecule has 2 nitrogen and oxygen atoms in total. The molecular weight excluding hydrogens is 228 g/mol. The van der Waals surface area contributed by atoms with Crippen molar-refractivity contribution in [2.75, 3.05) is 18.0 Å². The molecule has 1 aromatic carbocycles. The second-order valence-electron chi connectivity index (χ2n) is 5.01. The summed E-state index contributed by atoms with van der Waals surface area (Å²) in [7, 11) is 0. The number of nitrogens with zero attached hydrogens (tertiary/aromatic N) is 1. The Morgan fingerprint density at radius 1 is 1.24 bits per heavy atom. The maximum Gasteiger partial charge on any atom is 0.0415 e. The van der Waals surface area contributed by atoms with Crippen LogP contribution in [0.5, 0.6) is 0 Å². The molecule has 0 aliphatic carbocycles. The van der Waals surface area contributed by atoms with E-state index < -0.39 is 0 Å². The van der Waals surface area contributed by atoms with Crippen LogP contribution >= 0.6 is 11.8 Å². The molecule has 1 saturated heterocycles. The first-order valence-corrected chi connectivity index (χ1v) is 7.27. The van der Waals surface area contributed by atoms with Gasteiger partial charge in [0, 0.05) is 35.3 Å². The molecule has 94 valence electrons. The van der Waals surface area contributed by atoms with Crippen LogP contribution in [0.25, 0.3) is 0 Å². The van der Waals surface area contributed by atoms with E-state index in [2.05, 4.69) is 61.7 Å². The highest BCUT2D eigenvalue weighted by Gasteiger charge is 2.24. The molecule has 3 heteroatoms. The summed E-state index contributed by atoms with van der Waals surface area (Å²) in [6.07, 6.45) is 0. The minimum absolute atomic E-state index is 0.103. The fourth-order valence-electron chi connectivity index (χ4n) is 2.54. The van der Waals surface area contributed by atoms with Crippen LogP contribution in [0.15, 0.2) is 24.3 Å². The zero-order valence-corrected chi connectivity index (χ0v) is 11.7. The molecule has 2 unspecified atom stereocenters. The molecule has 1 heterocycles. The van der Waals surface area contributed by atoms with Gasteiger partial charge in [0.15, 0.2) is 0 Å². The number of anilines is 1. The fourth-order valence-corrected chi connectivity index (χ4v) is 3.86. The molecule has 0 aromatic heterocycles. The van der Waals surface area contributed by atoms with Crippen molar-refractivity contribution in [3.05, 3.63) is 29.8 Å². The van der Waals surface area contributed by atoms with Crippen molar-refractivity contribution in [2.45, 2.75) is 37.3 Å². The number of rotatable bonds is 2. The number of hydrogen-bond acceptors (Lipinski definition) is 3. The Balaban J connectivity index is 2.27. The van der Waals surface area contributed by atoms with Crippen LogP contribution in [-0.2, 0) is 0 Å². The molecule has 3 atom stereocenters. The van der Waals surface area contributed by atoms with Crippen molar-refractivity contribution in [2.24, 2.45) is 5.73 Å². The quantitative estimate of drug-likeness (QED) is 0.875. The van der Waals surface area contributed by atoms with Crippen LogP contribution in [0.3, 0.4) is 0 Å². The minimum Gasteiger partial charge on any atom is -0.369 e. The van der Waals surface area contributed by atoms with Gasteiger partial charge in [0.1, 0.15) is 0 Å². The summed E-state index contributed by atoms with van der Waals surface area (Å²) in [5.41, 5.74) is 8.64. The van der Waals surface area contributed by atoms with Crippen molar-refractivity contribution >= 4 is 17.4 Å². The predicted octanol–water partition coefficient (Wildman–Crippen LogP) is 3.04. The number of hydrogen-bond donors (Lipinski definition) is 1. The van der Waals surface area contributed by atoms with Crippen molar-refractivity contribution in [1.82, 2.24) is 0 Å². The lowest BCUT2D eigenvalue weighted by Gasteiger charge is -2.37. The Hall–Kier alpha value is -0.670. The van der Waals surface area contributed by atoms with Crippen molar-refractivity contribution in [3.63, 3.8) is 0 Å². The maximum atomic E-state index is 6.06. The first-order chi connectivity index (χ1) is 8.08. The van der Waals surface area contributed by atoms with E-state index >= 15 is 0 Å². The van der Waals surface area contributed by atoms with E-state index in [0.29, 0.717) is 10.5 Å². The third-order valence-electron chi connectivity index (χ3n) is 3.19. The molecule has 0 saturated carbocycles. The van der Waals surface area contributed by atoms with E-state index in [4.69, 9.17) is 5.73 Å². The largest absolute Gasteiger partial charge is 0.369 e. The van der Waals surface area contributed by atoms with Crippen LogP contribution in [0, 0.1) is 0 Å². The fraction of sp³-hybridized carbons (Fsp3) is 0.571. The van der Waals surface area contributed by atoms with Gasteiger partial charge in [-0.05, 0) is 18.6 Å². The SMILES string of the molecule is CC1CN(c2ccccc2[C@H](C)N)CC(C)S1. The van der Waals surface area contributed by atoms with Crippen LogP contribution in [0.4, 0.5) is 5.69 Å². The van der Waals surface area contributed by atoms with Gasteiger partial charge in [0.05, 0.1) is 0 Å². The highest BCUT2D eigenvalue weighted by Crippen LogP contribution is 2.32. The molecule has 0 amide bonds. The summed E-state index contributed by atoms with van der Waals surface area (Å²) in [5.74, 6) is 0. The molecule has 0 radical (unpaired) electrons. The lowest BCUT2D eigenvalue weighted by atomic mass is 10.1. The van der Waals surface area contributed by atoms with Crippen molar-refractivity contribution in [1.29, 1.82) is 0 Å². The summed E-state index contributed by atoms with van der Waals surface area (Å²) in [4.78, 5) is 2.49. The first kappa shape index (κ1) is 12.8. The zero-order chi connectivity index (χ0) is 12.4. The summed E-state index contributed by atoms with van der Waals surface area (Å²) < 4.78 is 0. The van der Waals surface area contributed by atoms with E-state index in [-0.39, 0.29) is 6.04 Å². The van der Waals surface area contributed by atoms with Gasteiger partial charge in [-0.1, -0.05) is 32.0 Å². The van der Waals surface area contributed by atoms with Gasteiger partial charge in [-0.3, -0.25) is 0 Å². The predicted molar refractivity (Wildman–Crippen MR) is 77.8 cm³/mol. The summed E-state index contributed by atoms with van der Waals surface area (Å²) in [6.45, 7) is 8.92. The summed E-state index contributed by atoms with van der Waals surface area (Å²) >= 11 is 2.08. The topological polar surface area (TPSA) is 29.3 Å². The normalized spacial score (nSPS) is 26.9. The monoisotopic (exact) mass is 250 g/mol. The van der Waals surface area contributed by atoms with Gasteiger partial charge in [-0.15, -0.1) is 0 Å². The molecule has 1 aliphatic heterocycles. The van der Waals surface area contributed by atoms with Crippen molar-refractivity contribution in [3.8, 4) is 0 Å². The average Bonchev–Trinajstić information content (AvgIpc) is 2.27. The Kier molecular flexibility index (Phi) is 4.00. The molecule has 2 rings (SSSR count). The number of thioether (sulfide) groups is 1. The molecule has 2 N–H and O–H groups in total. The summed E-state index contributed by atoms with van der Waals surface area (Å²) in [6, 6.07) is 8.64. The molecule has 1 fully saturated rings. The minimum atomic E-state index is 0.103. The van der Waals surface area contributed by atoms with E-state index in [0.717, 1.165) is 13.1 Å². The van der Waals surface area contributed by atoms with E-state index in [1.54, 1.807) is 0 Å². The molecular formula is C14H22N2S. The Morgan fingerprint density at radius 2 is 1.82 bits per heavy atom. The molecule has 0 spiro atoms. The van der Waals surface area contributed by atoms with Crippen molar-refractivity contribution < 1.29 is 0 Å². The molecule has 17 heavy (non-hydrogen) atoms. The van der Waals surface area contributed by atoms with Crippen LogP contribution in [0.1, 0.15) is 32.4 Å². The number of benzene rings is 1. The molecule has 1 aliphatic rings.